The highest BCUT2D eigenvalue weighted by Crippen LogP contribution is 2.17. The molecule has 0 bridgehead atoms. The van der Waals surface area contributed by atoms with E-state index in [1.165, 1.54) is 17.7 Å². The predicted molar refractivity (Wildman–Crippen MR) is 77.2 cm³/mol. The summed E-state index contributed by atoms with van der Waals surface area (Å²) < 4.78 is 12.8. The Bertz CT molecular complexity index is 521. The van der Waals surface area contributed by atoms with Crippen LogP contribution in [-0.2, 0) is 6.42 Å². The Morgan fingerprint density at radius 3 is 2.58 bits per heavy atom. The van der Waals surface area contributed by atoms with Crippen molar-refractivity contribution in [2.75, 3.05) is 26.0 Å². The third-order valence-electron chi connectivity index (χ3n) is 2.84. The van der Waals surface area contributed by atoms with Gasteiger partial charge in [0.2, 0.25) is 0 Å². The topological polar surface area (TPSA) is 15.3 Å². The van der Waals surface area contributed by atoms with Crippen LogP contribution in [0.2, 0.25) is 0 Å². The van der Waals surface area contributed by atoms with E-state index in [-0.39, 0.29) is 5.82 Å². The summed E-state index contributed by atoms with van der Waals surface area (Å²) in [6.07, 6.45) is 1.000. The second-order valence-electron chi connectivity index (χ2n) is 4.80. The number of benzene rings is 2. The maximum atomic E-state index is 12.8. The van der Waals surface area contributed by atoms with Crippen molar-refractivity contribution in [3.05, 3.63) is 59.9 Å². The second-order valence-corrected chi connectivity index (χ2v) is 4.80. The van der Waals surface area contributed by atoms with Gasteiger partial charge in [0.25, 0.3) is 0 Å². The van der Waals surface area contributed by atoms with Crippen LogP contribution in [0.4, 0.5) is 15.8 Å². The van der Waals surface area contributed by atoms with Gasteiger partial charge in [0, 0.05) is 24.0 Å². The Morgan fingerprint density at radius 1 is 1.16 bits per heavy atom. The molecule has 0 aromatic heterocycles. The first-order valence-electron chi connectivity index (χ1n) is 6.31. The molecular formula is C16H18FN2. The molecule has 2 aromatic rings. The van der Waals surface area contributed by atoms with Crippen LogP contribution in [0, 0.1) is 11.9 Å². The van der Waals surface area contributed by atoms with Crippen molar-refractivity contribution in [2.45, 2.75) is 6.42 Å². The first-order valence-corrected chi connectivity index (χ1v) is 6.31. The van der Waals surface area contributed by atoms with Crippen LogP contribution in [0.15, 0.2) is 42.5 Å². The molecule has 0 aliphatic heterocycles. The van der Waals surface area contributed by atoms with Gasteiger partial charge in [-0.1, -0.05) is 12.1 Å². The van der Waals surface area contributed by atoms with Crippen molar-refractivity contribution in [3.8, 4) is 0 Å². The van der Waals surface area contributed by atoms with Crippen LogP contribution >= 0.6 is 0 Å². The number of hydrogen-bond acceptors (Lipinski definition) is 2. The van der Waals surface area contributed by atoms with E-state index in [1.807, 2.05) is 6.07 Å². The molecule has 0 saturated carbocycles. The molecule has 2 aromatic carbocycles. The minimum Gasteiger partial charge on any atom is -0.355 e. The highest BCUT2D eigenvalue weighted by molar-refractivity contribution is 5.59. The number of likely N-dealkylation sites (N-methyl/N-ethyl adjacent to an activating group) is 1. The molecule has 0 atom stereocenters. The lowest BCUT2D eigenvalue weighted by molar-refractivity contribution is 0.413. The van der Waals surface area contributed by atoms with Crippen LogP contribution < -0.4 is 5.32 Å². The summed E-state index contributed by atoms with van der Waals surface area (Å²) in [4.78, 5) is 2.16. The molecule has 0 fully saturated rings. The van der Waals surface area contributed by atoms with Gasteiger partial charge in [0.05, 0.1) is 0 Å². The Labute approximate surface area is 113 Å². The predicted octanol–water partition coefficient (Wildman–Crippen LogP) is 3.47. The third-order valence-corrected chi connectivity index (χ3v) is 2.84. The lowest BCUT2D eigenvalue weighted by Crippen LogP contribution is -2.15. The molecule has 2 rings (SSSR count). The fraction of sp³-hybridized carbons (Fsp3) is 0.250. The average Bonchev–Trinajstić information content (AvgIpc) is 2.40. The molecule has 0 aliphatic rings. The number of nitrogens with one attached hydrogen (secondary N) is 1. The Hall–Kier alpha value is -1.87. The van der Waals surface area contributed by atoms with Crippen LogP contribution in [0.3, 0.4) is 0 Å². The SMILES string of the molecule is CN(C)CCc1cc[c]c(Nc2ccc(F)cc2)c1. The summed E-state index contributed by atoms with van der Waals surface area (Å²) in [5, 5.41) is 3.22. The van der Waals surface area contributed by atoms with Gasteiger partial charge < -0.3 is 10.2 Å². The average molecular weight is 257 g/mol. The first kappa shape index (κ1) is 13.6. The van der Waals surface area contributed by atoms with E-state index in [0.29, 0.717) is 0 Å². The maximum Gasteiger partial charge on any atom is 0.123 e. The molecule has 1 radical (unpaired) electrons. The molecule has 0 unspecified atom stereocenters. The van der Waals surface area contributed by atoms with E-state index in [0.717, 1.165) is 24.3 Å². The van der Waals surface area contributed by atoms with Crippen molar-refractivity contribution >= 4 is 11.4 Å². The van der Waals surface area contributed by atoms with Gasteiger partial charge in [-0.3, -0.25) is 0 Å². The highest BCUT2D eigenvalue weighted by Gasteiger charge is 1.99. The summed E-state index contributed by atoms with van der Waals surface area (Å²) in [7, 11) is 4.12. The van der Waals surface area contributed by atoms with E-state index < -0.39 is 0 Å². The summed E-state index contributed by atoms with van der Waals surface area (Å²) >= 11 is 0. The van der Waals surface area contributed by atoms with Gasteiger partial charge in [-0.05, 0) is 56.4 Å². The number of halogens is 1. The molecule has 3 heteroatoms. The summed E-state index contributed by atoms with van der Waals surface area (Å²) in [5.41, 5.74) is 3.03. The largest absolute Gasteiger partial charge is 0.355 e. The maximum absolute atomic E-state index is 12.8. The van der Waals surface area contributed by atoms with Gasteiger partial charge in [-0.15, -0.1) is 0 Å². The molecule has 0 saturated heterocycles. The fourth-order valence-electron chi connectivity index (χ4n) is 1.78. The first-order chi connectivity index (χ1) is 9.13. The lowest BCUT2D eigenvalue weighted by Gasteiger charge is -2.11. The number of hydrogen-bond donors (Lipinski definition) is 1. The standard InChI is InChI=1S/C16H18FN2/c1-19(2)11-10-13-4-3-5-16(12-13)18-15-8-6-14(17)7-9-15/h3-4,6-9,12,18H,10-11H2,1-2H3. The Balaban J connectivity index is 2.04. The van der Waals surface area contributed by atoms with Crippen LogP contribution in [0.1, 0.15) is 5.56 Å². The summed E-state index contributed by atoms with van der Waals surface area (Å²) in [6, 6.07) is 15.5. The van der Waals surface area contributed by atoms with Crippen LogP contribution in [-0.4, -0.2) is 25.5 Å². The quantitative estimate of drug-likeness (QED) is 0.882. The molecule has 0 amide bonds. The molecule has 0 heterocycles. The zero-order valence-electron chi connectivity index (χ0n) is 11.3. The van der Waals surface area contributed by atoms with E-state index in [4.69, 9.17) is 0 Å². The number of rotatable bonds is 5. The van der Waals surface area contributed by atoms with E-state index in [1.54, 1.807) is 12.1 Å². The molecule has 19 heavy (non-hydrogen) atoms. The number of anilines is 2. The van der Waals surface area contributed by atoms with Crippen molar-refractivity contribution in [1.82, 2.24) is 4.90 Å². The van der Waals surface area contributed by atoms with E-state index in [9.17, 15) is 4.39 Å². The molecule has 0 spiro atoms. The third kappa shape index (κ3) is 4.38. The zero-order chi connectivity index (χ0) is 13.7. The molecule has 1 N–H and O–H groups in total. The van der Waals surface area contributed by atoms with Gasteiger partial charge in [-0.25, -0.2) is 4.39 Å². The van der Waals surface area contributed by atoms with Crippen molar-refractivity contribution in [2.24, 2.45) is 0 Å². The van der Waals surface area contributed by atoms with Crippen molar-refractivity contribution in [1.29, 1.82) is 0 Å². The monoisotopic (exact) mass is 257 g/mol. The van der Waals surface area contributed by atoms with Crippen molar-refractivity contribution < 1.29 is 4.39 Å². The second kappa shape index (κ2) is 6.34. The van der Waals surface area contributed by atoms with Gasteiger partial charge >= 0.3 is 0 Å². The highest BCUT2D eigenvalue weighted by atomic mass is 19.1. The minimum atomic E-state index is -0.228. The fourth-order valence-corrected chi connectivity index (χ4v) is 1.78. The molecular weight excluding hydrogens is 239 g/mol. The van der Waals surface area contributed by atoms with E-state index in [2.05, 4.69) is 42.5 Å². The molecule has 99 valence electrons. The van der Waals surface area contributed by atoms with Gasteiger partial charge in [0.15, 0.2) is 0 Å². The van der Waals surface area contributed by atoms with Gasteiger partial charge in [0.1, 0.15) is 5.82 Å². The van der Waals surface area contributed by atoms with Gasteiger partial charge in [-0.2, -0.15) is 0 Å². The minimum absolute atomic E-state index is 0.228. The lowest BCUT2D eigenvalue weighted by atomic mass is 10.1. The summed E-state index contributed by atoms with van der Waals surface area (Å²) in [6.45, 7) is 1.01. The number of nitrogens with zero attached hydrogens (tertiary/aromatic N) is 1. The van der Waals surface area contributed by atoms with Crippen molar-refractivity contribution in [3.63, 3.8) is 0 Å². The van der Waals surface area contributed by atoms with E-state index >= 15 is 0 Å². The normalized spacial score (nSPS) is 10.7. The molecule has 2 nitrogen and oxygen atoms in total. The van der Waals surface area contributed by atoms with Crippen LogP contribution in [0.5, 0.6) is 0 Å². The van der Waals surface area contributed by atoms with Crippen LogP contribution in [0.25, 0.3) is 0 Å². The Morgan fingerprint density at radius 2 is 1.89 bits per heavy atom. The Kier molecular flexibility index (Phi) is 4.53. The smallest absolute Gasteiger partial charge is 0.123 e. The zero-order valence-corrected chi connectivity index (χ0v) is 11.3. The summed E-state index contributed by atoms with van der Waals surface area (Å²) in [5.74, 6) is -0.228. The molecule has 0 aliphatic carbocycles.